The molecule has 2 N–H and O–H groups in total. The van der Waals surface area contributed by atoms with E-state index in [2.05, 4.69) is 19.2 Å². The lowest BCUT2D eigenvalue weighted by atomic mass is 9.73. The van der Waals surface area contributed by atoms with Crippen molar-refractivity contribution in [3.05, 3.63) is 0 Å². The summed E-state index contributed by atoms with van der Waals surface area (Å²) in [6.45, 7) is 5.78. The Morgan fingerprint density at radius 3 is 2.75 bits per heavy atom. The molecule has 1 saturated carbocycles. The summed E-state index contributed by atoms with van der Waals surface area (Å²) in [6, 6.07) is 0.580. The molecule has 1 saturated heterocycles. The standard InChI is InChI=1S/C14H27NO/c1-3-11-6-7-15-13(9-11)12-8-10(2)4-5-14(12)16/h10-16H,3-9H2,1-2H3. The average Bonchev–Trinajstić information content (AvgIpc) is 2.32. The van der Waals surface area contributed by atoms with Gasteiger partial charge in [0.15, 0.2) is 0 Å². The van der Waals surface area contributed by atoms with E-state index in [0.717, 1.165) is 24.8 Å². The third kappa shape index (κ3) is 2.78. The van der Waals surface area contributed by atoms with Crippen molar-refractivity contribution >= 4 is 0 Å². The van der Waals surface area contributed by atoms with Crippen LogP contribution in [0.25, 0.3) is 0 Å². The fraction of sp³-hybridized carbons (Fsp3) is 1.00. The zero-order valence-corrected chi connectivity index (χ0v) is 10.8. The Hall–Kier alpha value is -0.0800. The van der Waals surface area contributed by atoms with Gasteiger partial charge in [-0.1, -0.05) is 20.3 Å². The highest BCUT2D eigenvalue weighted by Gasteiger charge is 2.35. The van der Waals surface area contributed by atoms with E-state index in [4.69, 9.17) is 0 Å². The lowest BCUT2D eigenvalue weighted by Gasteiger charge is -2.41. The third-order valence-corrected chi connectivity index (χ3v) is 4.76. The first-order valence-corrected chi connectivity index (χ1v) is 7.12. The van der Waals surface area contributed by atoms with E-state index in [0.29, 0.717) is 12.0 Å². The smallest absolute Gasteiger partial charge is 0.0583 e. The van der Waals surface area contributed by atoms with Crippen molar-refractivity contribution in [3.8, 4) is 0 Å². The van der Waals surface area contributed by atoms with Gasteiger partial charge in [-0.2, -0.15) is 0 Å². The second-order valence-corrected chi connectivity index (χ2v) is 6.01. The molecule has 2 rings (SSSR count). The van der Waals surface area contributed by atoms with Gasteiger partial charge in [0.05, 0.1) is 6.10 Å². The Morgan fingerprint density at radius 2 is 2.00 bits per heavy atom. The van der Waals surface area contributed by atoms with Crippen LogP contribution in [0.15, 0.2) is 0 Å². The Morgan fingerprint density at radius 1 is 1.19 bits per heavy atom. The van der Waals surface area contributed by atoms with Gasteiger partial charge in [-0.25, -0.2) is 0 Å². The highest BCUT2D eigenvalue weighted by Crippen LogP contribution is 2.35. The van der Waals surface area contributed by atoms with Crippen LogP contribution in [0.4, 0.5) is 0 Å². The maximum atomic E-state index is 10.2. The van der Waals surface area contributed by atoms with Gasteiger partial charge >= 0.3 is 0 Å². The minimum atomic E-state index is -0.0516. The maximum Gasteiger partial charge on any atom is 0.0583 e. The molecule has 0 amide bonds. The molecule has 16 heavy (non-hydrogen) atoms. The number of rotatable bonds is 2. The molecule has 0 aromatic carbocycles. The Labute approximate surface area is 99.8 Å². The van der Waals surface area contributed by atoms with E-state index in [9.17, 15) is 5.11 Å². The summed E-state index contributed by atoms with van der Waals surface area (Å²) in [6.07, 6.45) is 7.30. The highest BCUT2D eigenvalue weighted by molar-refractivity contribution is 4.90. The molecule has 0 bridgehead atoms. The molecule has 0 radical (unpaired) electrons. The fourth-order valence-corrected chi connectivity index (χ4v) is 3.57. The van der Waals surface area contributed by atoms with Gasteiger partial charge in [-0.15, -0.1) is 0 Å². The van der Waals surface area contributed by atoms with Crippen LogP contribution >= 0.6 is 0 Å². The summed E-state index contributed by atoms with van der Waals surface area (Å²) in [5.74, 6) is 2.20. The van der Waals surface area contributed by atoms with Crippen molar-refractivity contribution < 1.29 is 5.11 Å². The van der Waals surface area contributed by atoms with Gasteiger partial charge in [0, 0.05) is 12.0 Å². The zero-order chi connectivity index (χ0) is 11.5. The summed E-state index contributed by atoms with van der Waals surface area (Å²) in [4.78, 5) is 0. The summed E-state index contributed by atoms with van der Waals surface area (Å²) in [5.41, 5.74) is 0. The molecule has 1 heterocycles. The molecule has 1 aliphatic heterocycles. The van der Waals surface area contributed by atoms with Crippen molar-refractivity contribution in [1.29, 1.82) is 0 Å². The SMILES string of the molecule is CCC1CCNC(C2CC(C)CCC2O)C1. The number of aliphatic hydroxyl groups excluding tert-OH is 1. The molecule has 5 unspecified atom stereocenters. The second kappa shape index (κ2) is 5.50. The zero-order valence-electron chi connectivity index (χ0n) is 10.8. The number of hydrogen-bond acceptors (Lipinski definition) is 2. The highest BCUT2D eigenvalue weighted by atomic mass is 16.3. The molecular weight excluding hydrogens is 198 g/mol. The molecule has 1 aliphatic carbocycles. The minimum absolute atomic E-state index is 0.0516. The normalized spacial score (nSPS) is 45.6. The fourth-order valence-electron chi connectivity index (χ4n) is 3.57. The van der Waals surface area contributed by atoms with E-state index in [-0.39, 0.29) is 6.10 Å². The summed E-state index contributed by atoms with van der Waals surface area (Å²) in [7, 11) is 0. The van der Waals surface area contributed by atoms with Gasteiger partial charge in [0.2, 0.25) is 0 Å². The lowest BCUT2D eigenvalue weighted by molar-refractivity contribution is 0.0202. The van der Waals surface area contributed by atoms with E-state index in [1.165, 1.54) is 32.1 Å². The van der Waals surface area contributed by atoms with Crippen LogP contribution < -0.4 is 5.32 Å². The molecule has 0 aromatic rings. The van der Waals surface area contributed by atoms with Crippen LogP contribution in [0.5, 0.6) is 0 Å². The molecule has 2 heteroatoms. The Balaban J connectivity index is 1.94. The van der Waals surface area contributed by atoms with Crippen molar-refractivity contribution in [2.24, 2.45) is 17.8 Å². The summed E-state index contributed by atoms with van der Waals surface area (Å²) < 4.78 is 0. The molecule has 0 spiro atoms. The maximum absolute atomic E-state index is 10.2. The minimum Gasteiger partial charge on any atom is -0.393 e. The first kappa shape index (κ1) is 12.4. The molecule has 5 atom stereocenters. The number of hydrogen-bond donors (Lipinski definition) is 2. The monoisotopic (exact) mass is 225 g/mol. The van der Waals surface area contributed by atoms with E-state index in [1.54, 1.807) is 0 Å². The molecule has 2 fully saturated rings. The van der Waals surface area contributed by atoms with Crippen LogP contribution in [0.2, 0.25) is 0 Å². The van der Waals surface area contributed by atoms with Crippen LogP contribution in [0, 0.1) is 17.8 Å². The number of nitrogens with one attached hydrogen (secondary N) is 1. The topological polar surface area (TPSA) is 32.3 Å². The van der Waals surface area contributed by atoms with Gasteiger partial charge < -0.3 is 10.4 Å². The summed E-state index contributed by atoms with van der Waals surface area (Å²) in [5, 5.41) is 13.8. The van der Waals surface area contributed by atoms with Crippen molar-refractivity contribution in [1.82, 2.24) is 5.32 Å². The van der Waals surface area contributed by atoms with Crippen molar-refractivity contribution in [2.45, 2.75) is 64.5 Å². The predicted octanol–water partition coefficient (Wildman–Crippen LogP) is 2.56. The van der Waals surface area contributed by atoms with Crippen LogP contribution in [0.1, 0.15) is 52.4 Å². The van der Waals surface area contributed by atoms with Crippen LogP contribution in [-0.4, -0.2) is 23.8 Å². The van der Waals surface area contributed by atoms with Crippen LogP contribution in [-0.2, 0) is 0 Å². The van der Waals surface area contributed by atoms with Crippen molar-refractivity contribution in [2.75, 3.05) is 6.54 Å². The molecule has 94 valence electrons. The molecular formula is C14H27NO. The Kier molecular flexibility index (Phi) is 4.26. The lowest BCUT2D eigenvalue weighted by Crippen LogP contribution is -2.48. The third-order valence-electron chi connectivity index (χ3n) is 4.76. The average molecular weight is 225 g/mol. The molecule has 2 aliphatic rings. The summed E-state index contributed by atoms with van der Waals surface area (Å²) >= 11 is 0. The quantitative estimate of drug-likeness (QED) is 0.757. The van der Waals surface area contributed by atoms with Gasteiger partial charge in [0.25, 0.3) is 0 Å². The number of aliphatic hydroxyl groups is 1. The van der Waals surface area contributed by atoms with Gasteiger partial charge in [-0.05, 0) is 50.5 Å². The van der Waals surface area contributed by atoms with Gasteiger partial charge in [-0.3, -0.25) is 0 Å². The second-order valence-electron chi connectivity index (χ2n) is 6.01. The van der Waals surface area contributed by atoms with Crippen LogP contribution in [0.3, 0.4) is 0 Å². The predicted molar refractivity (Wildman–Crippen MR) is 67.3 cm³/mol. The molecule has 0 aromatic heterocycles. The largest absolute Gasteiger partial charge is 0.393 e. The number of piperidine rings is 1. The first-order valence-electron chi connectivity index (χ1n) is 7.12. The van der Waals surface area contributed by atoms with E-state index >= 15 is 0 Å². The Bertz CT molecular complexity index is 219. The van der Waals surface area contributed by atoms with E-state index in [1.807, 2.05) is 0 Å². The first-order chi connectivity index (χ1) is 7.70. The van der Waals surface area contributed by atoms with E-state index < -0.39 is 0 Å². The van der Waals surface area contributed by atoms with Gasteiger partial charge in [0.1, 0.15) is 0 Å². The van der Waals surface area contributed by atoms with Crippen molar-refractivity contribution in [3.63, 3.8) is 0 Å². The molecule has 2 nitrogen and oxygen atoms in total.